The minimum absolute atomic E-state index is 0.00308. The summed E-state index contributed by atoms with van der Waals surface area (Å²) >= 11 is 0. The van der Waals surface area contributed by atoms with Crippen LogP contribution < -0.4 is 92.1 Å². The van der Waals surface area contributed by atoms with Gasteiger partial charge >= 0.3 is 0 Å². The molecule has 0 unspecified atom stereocenters. The number of aromatic amines is 2. The normalized spacial score (nSPS) is 19.2. The average Bonchev–Trinajstić information content (AvgIpc) is 1.66. The third-order valence-corrected chi connectivity index (χ3v) is 23.6. The number of hydrogen-bond donors (Lipinski definition) is 22. The van der Waals surface area contributed by atoms with Gasteiger partial charge in [-0.25, -0.2) is 5.10 Å². The van der Waals surface area contributed by atoms with Gasteiger partial charge in [-0.2, -0.15) is 0 Å². The third kappa shape index (κ3) is 41.8. The van der Waals surface area contributed by atoms with Crippen LogP contribution in [0.2, 0.25) is 0 Å². The number of para-hydroxylation sites is 1. The van der Waals surface area contributed by atoms with Crippen molar-refractivity contribution in [2.45, 2.75) is 298 Å². The van der Waals surface area contributed by atoms with Gasteiger partial charge in [-0.3, -0.25) is 87.1 Å². The summed E-state index contributed by atoms with van der Waals surface area (Å²) in [4.78, 5) is 233. The van der Waals surface area contributed by atoms with Crippen LogP contribution in [0.1, 0.15) is 223 Å². The maximum absolute atomic E-state index is 15.4. The number of nitrogens with two attached hydrogens (primary N) is 4. The number of primary amides is 2. The molecule has 26 N–H and O–H groups in total. The number of aliphatic hydroxyl groups excluding tert-OH is 2. The number of fused-ring (bicyclic) bond motifs is 2. The van der Waals surface area contributed by atoms with Crippen LogP contribution in [-0.2, 0) is 105 Å². The molecule has 0 radical (unpaired) electrons. The zero-order chi connectivity index (χ0) is 99.2. The molecule has 0 aliphatic carbocycles. The Morgan fingerprint density at radius 2 is 1.23 bits per heavy atom. The average molecular weight is 1920 g/mol. The van der Waals surface area contributed by atoms with E-state index in [0.717, 1.165) is 60.2 Å². The first-order chi connectivity index (χ1) is 66.0. The van der Waals surface area contributed by atoms with Crippen molar-refractivity contribution >= 4 is 117 Å². The number of amides is 15. The van der Waals surface area contributed by atoms with Crippen molar-refractivity contribution in [3.05, 3.63) is 89.5 Å². The van der Waals surface area contributed by atoms with Crippen LogP contribution in [0.15, 0.2) is 77.6 Å². The van der Waals surface area contributed by atoms with E-state index >= 15 is 14.4 Å². The number of H-pyrrole nitrogens is 2. The van der Waals surface area contributed by atoms with Crippen molar-refractivity contribution < 1.29 is 96.4 Å². The molecule has 4 aromatic rings. The number of rotatable bonds is 56. The summed E-state index contributed by atoms with van der Waals surface area (Å²) < 4.78 is 10.9. The highest BCUT2D eigenvalue weighted by atomic mass is 16.5. The lowest BCUT2D eigenvalue weighted by molar-refractivity contribution is -0.143. The topological polar surface area (TPSA) is 702 Å². The molecule has 137 heavy (non-hydrogen) atoms. The number of ketones is 1. The van der Waals surface area contributed by atoms with E-state index in [4.69, 9.17) is 37.8 Å². The predicted octanol–water partition coefficient (Wildman–Crippen LogP) is -1.54. The molecule has 2 aromatic heterocycles. The Kier molecular flexibility index (Phi) is 50.4. The second kappa shape index (κ2) is 62.1. The van der Waals surface area contributed by atoms with Crippen molar-refractivity contribution in [1.82, 2.24) is 99.6 Å². The lowest BCUT2D eigenvalue weighted by Crippen LogP contribution is -2.61. The van der Waals surface area contributed by atoms with E-state index in [2.05, 4.69) is 99.7 Å². The van der Waals surface area contributed by atoms with Crippen molar-refractivity contribution in [2.75, 3.05) is 65.8 Å². The quantitative estimate of drug-likeness (QED) is 0.0135. The van der Waals surface area contributed by atoms with Gasteiger partial charge in [0, 0.05) is 119 Å². The summed E-state index contributed by atoms with van der Waals surface area (Å²) in [6.07, 6.45) is 18.5. The largest absolute Gasteiger partial charge is 0.394 e. The van der Waals surface area contributed by atoms with Gasteiger partial charge in [-0.1, -0.05) is 158 Å². The number of hydrogen-bond acceptors (Lipinski definition) is 26. The van der Waals surface area contributed by atoms with Crippen molar-refractivity contribution in [2.24, 2.45) is 27.9 Å². The first-order valence-corrected chi connectivity index (χ1v) is 47.7. The lowest BCUT2D eigenvalue weighted by atomic mass is 10.00. The van der Waals surface area contributed by atoms with Gasteiger partial charge in [0.15, 0.2) is 5.96 Å². The number of nitrogens with one attached hydrogen (secondary N) is 16. The molecule has 7 rings (SSSR count). The highest BCUT2D eigenvalue weighted by Gasteiger charge is 2.44. The molecule has 2 fully saturated rings. The smallest absolute Gasteiger partial charge is 0.246 e. The summed E-state index contributed by atoms with van der Waals surface area (Å²) in [6, 6.07) is -1.46. The van der Waals surface area contributed by atoms with Gasteiger partial charge in [0.2, 0.25) is 88.6 Å². The zero-order valence-electron chi connectivity index (χ0n) is 78.3. The molecule has 12 atom stereocenters. The van der Waals surface area contributed by atoms with E-state index in [1.54, 1.807) is 55.6 Å². The fraction of sp³-hybridized carbons (Fsp3) is 0.620. The number of ether oxygens (including phenoxy) is 2. The van der Waals surface area contributed by atoms with Crippen LogP contribution in [0.5, 0.6) is 0 Å². The van der Waals surface area contributed by atoms with Crippen LogP contribution >= 0.6 is 0 Å². The monoisotopic (exact) mass is 1920 g/mol. The number of carbonyl (C=O) groups is 16. The molecule has 754 valence electrons. The molecule has 0 spiro atoms. The molecule has 45 heteroatoms. The van der Waals surface area contributed by atoms with Crippen LogP contribution in [-0.4, -0.2) is 286 Å². The van der Waals surface area contributed by atoms with Crippen molar-refractivity contribution in [1.29, 1.82) is 5.41 Å². The van der Waals surface area contributed by atoms with Gasteiger partial charge in [-0.05, 0) is 85.4 Å². The summed E-state index contributed by atoms with van der Waals surface area (Å²) in [5.41, 5.74) is 25.3. The number of nitrogens with zero attached hydrogens (tertiary/aromatic N) is 5. The fourth-order valence-corrected chi connectivity index (χ4v) is 16.0. The van der Waals surface area contributed by atoms with E-state index in [-0.39, 0.29) is 134 Å². The first kappa shape index (κ1) is 111. The molecule has 5 heterocycles. The van der Waals surface area contributed by atoms with Crippen molar-refractivity contribution in [3.63, 3.8) is 0 Å². The molecule has 2 saturated heterocycles. The fourth-order valence-electron chi connectivity index (χ4n) is 16.0. The summed E-state index contributed by atoms with van der Waals surface area (Å²) in [6.45, 7) is -0.927. The number of aliphatic hydroxyl groups is 2. The number of tetrazole rings is 1. The van der Waals surface area contributed by atoms with Crippen LogP contribution in [0.4, 0.5) is 0 Å². The van der Waals surface area contributed by atoms with Gasteiger partial charge < -0.3 is 122 Å². The first-order valence-electron chi connectivity index (χ1n) is 47.7. The van der Waals surface area contributed by atoms with Crippen LogP contribution in [0, 0.1) is 5.41 Å². The van der Waals surface area contributed by atoms with Crippen LogP contribution in [0.3, 0.4) is 0 Å². The maximum Gasteiger partial charge on any atom is 0.246 e. The Balaban J connectivity index is 0.949. The molecule has 15 amide bonds. The number of benzene rings is 2. The molecule has 3 aliphatic heterocycles. The maximum atomic E-state index is 15.4. The molecule has 0 saturated carbocycles. The summed E-state index contributed by atoms with van der Waals surface area (Å²) in [5.74, 6) is -13.3. The van der Waals surface area contributed by atoms with E-state index in [0.29, 0.717) is 42.5 Å². The molecular formula is C92H141N25O20. The minimum atomic E-state index is -1.75. The van der Waals surface area contributed by atoms with E-state index in [1.807, 2.05) is 18.2 Å². The van der Waals surface area contributed by atoms with Crippen LogP contribution in [0.25, 0.3) is 10.9 Å². The van der Waals surface area contributed by atoms with Crippen molar-refractivity contribution in [3.8, 4) is 0 Å². The van der Waals surface area contributed by atoms with E-state index in [1.165, 1.54) is 57.6 Å². The lowest BCUT2D eigenvalue weighted by Gasteiger charge is -2.31. The highest BCUT2D eigenvalue weighted by molar-refractivity contribution is 6.01. The Morgan fingerprint density at radius 3 is 1.90 bits per heavy atom. The number of carbonyl (C=O) groups excluding carboxylic acids is 16. The molecular weight excluding hydrogens is 1780 g/mol. The third-order valence-electron chi connectivity index (χ3n) is 23.6. The Bertz CT molecular complexity index is 4630. The number of aliphatic imine (C=N–C) groups is 1. The standard InChI is InChI=1S/C92H141N25O20/c1-2-3-32-66(82(126)108-69-39-38-61(119)30-19-16-20-34-65(81(95)125)104-86(130)71(49-59-53-101-64-33-24-23-31-63(59)64)109-83(127)67(35-26-43-100-92(96)97)105-85(129)70(48-58-27-17-15-18-28-58)111-90(134)75-51-62(120)55-117(75)91(69)135)106-88(132)73(52-93)112-87(131)72(50-60-29-25-42-98-60)110-84(128)68(40-41-76(94)121)107-89(133)74(56-118)103-79(123)54-102-80(124)57-137-47-46-136-45-44-99-78(122)37-22-14-12-10-8-6-4-5-7-9-11-13-21-36-77-113-115-116-114-77/h15,17-18,23-24,27-29,31,33,42,53,62,65-75,101,118,120H,2-14,16,19-22,25-26,30,32,34-41,43-52,54-57,93H2,1H3,(H2,94,121)(H2,95,125)(H,99,122)(H,102,124)(H,103,123)(H,104,130)(H,105,129)(H,106,132)(H,107,133)(H,108,126)(H,109,127)(H,110,128)(H,111,134)(H,112,131)(H4,96,97,100)(H,113,114,115,116)/t62-,65+,66+,67+,68+,69+,70-,71+,72+,73+,74+,75+/m1/s1. The minimum Gasteiger partial charge on any atom is -0.394 e. The highest BCUT2D eigenvalue weighted by Crippen LogP contribution is 2.25. The van der Waals surface area contributed by atoms with Gasteiger partial charge in [0.1, 0.15) is 84.7 Å². The van der Waals surface area contributed by atoms with Gasteiger partial charge in [0.25, 0.3) is 0 Å². The molecule has 45 nitrogen and oxygen atoms in total. The summed E-state index contributed by atoms with van der Waals surface area (Å²) in [7, 11) is 0. The Labute approximate surface area is 796 Å². The number of allylic oxidation sites excluding steroid dienone is 1. The second-order valence-electron chi connectivity index (χ2n) is 34.6. The Hall–Kier alpha value is -12.8. The number of guanidine groups is 1. The number of aryl methyl sites for hydroxylation is 1. The molecule has 2 aromatic carbocycles. The SMILES string of the molecule is CCCC[C@H](NC(=O)[C@H](CN)NC(=O)[C@H](CC1=CCC=N1)NC(=O)[C@H](CCC(N)=O)NC(=O)[C@H](CO)NC(=O)CNC(=O)COCCOCCNC(=O)CCCCCCCCCCCCCCCc1nnn[nH]1)C(=O)N[C@H]1CCC(=O)CCCCC[C@@H](C(N)=O)NC(=O)[C@H](Cc2c[nH]c3ccccc23)NC(=O)[C@H](CCCNC(=N)N)NC(=O)[C@@H](Cc2ccccc2)NC(=O)[C@@H]2C[C@@H](O)CN2C1=O. The number of aromatic nitrogens is 5. The van der Waals surface area contributed by atoms with E-state index < -0.39 is 207 Å². The second-order valence-corrected chi connectivity index (χ2v) is 34.6. The van der Waals surface area contributed by atoms with Gasteiger partial charge in [-0.15, -0.1) is 5.10 Å². The van der Waals surface area contributed by atoms with E-state index in [9.17, 15) is 72.5 Å². The molecule has 0 bridgehead atoms. The number of Topliss-reactive ketones (excluding diaryl/α,β-unsaturated/α-hetero) is 1. The molecule has 3 aliphatic rings. The summed E-state index contributed by atoms with van der Waals surface area (Å²) in [5, 5.41) is 77.8. The number of unbranched alkanes of at least 4 members (excludes halogenated alkanes) is 13. The predicted molar refractivity (Wildman–Crippen MR) is 503 cm³/mol. The zero-order valence-corrected chi connectivity index (χ0v) is 78.3. The van der Waals surface area contributed by atoms with Gasteiger partial charge in [0.05, 0.1) is 39.1 Å². The Morgan fingerprint density at radius 1 is 0.599 bits per heavy atom.